The van der Waals surface area contributed by atoms with Crippen molar-refractivity contribution in [2.45, 2.75) is 13.3 Å². The summed E-state index contributed by atoms with van der Waals surface area (Å²) in [5, 5.41) is 17.0. The molecule has 2 fully saturated rings. The van der Waals surface area contributed by atoms with Crippen molar-refractivity contribution < 1.29 is 66.8 Å². The maximum Gasteiger partial charge on any atom is 0.373 e. The molecule has 1 amide bonds. The zero-order chi connectivity index (χ0) is 51.3. The summed E-state index contributed by atoms with van der Waals surface area (Å²) in [7, 11) is 3.84. The van der Waals surface area contributed by atoms with Crippen molar-refractivity contribution in [3.63, 3.8) is 0 Å². The van der Waals surface area contributed by atoms with E-state index in [1.807, 2.05) is 49.4 Å². The molecule has 1 N–H and O–H groups in total. The molecule has 2 saturated heterocycles. The number of amides is 1. The number of anilines is 4. The van der Waals surface area contributed by atoms with Crippen LogP contribution in [0.25, 0.3) is 33.4 Å². The van der Waals surface area contributed by atoms with Gasteiger partial charge < -0.3 is 58.0 Å². The molecule has 0 aromatic heterocycles. The first-order valence-corrected chi connectivity index (χ1v) is 23.0. The number of nitrogens with zero attached hydrogens (tertiary/aromatic N) is 4. The van der Waals surface area contributed by atoms with E-state index in [-0.39, 0.29) is 56.4 Å². The molecule has 0 spiro atoms. The van der Waals surface area contributed by atoms with Gasteiger partial charge in [-0.15, -0.1) is 0 Å². The molecular formula is C53H53N5O14. The molecule has 1 aliphatic carbocycles. The number of carbonyl (C=O) groups is 5. The zero-order valence-electron chi connectivity index (χ0n) is 40.2. The van der Waals surface area contributed by atoms with Crippen LogP contribution >= 0.6 is 0 Å². The summed E-state index contributed by atoms with van der Waals surface area (Å²) >= 11 is 0. The number of fused-ring (bicyclic) bond motifs is 2. The van der Waals surface area contributed by atoms with Crippen molar-refractivity contribution in [3.8, 4) is 33.9 Å². The van der Waals surface area contributed by atoms with Crippen LogP contribution in [0.15, 0.2) is 108 Å². The summed E-state index contributed by atoms with van der Waals surface area (Å²) in [6.07, 6.45) is 1.37. The number of esters is 3. The number of rotatable bonds is 19. The lowest BCUT2D eigenvalue weighted by atomic mass is 9.90. The Labute approximate surface area is 414 Å². The maximum absolute atomic E-state index is 13.8. The molecule has 3 heterocycles. The maximum atomic E-state index is 13.8. The van der Waals surface area contributed by atoms with E-state index >= 15 is 0 Å². The molecule has 374 valence electrons. The Kier molecular flexibility index (Phi) is 16.9. The summed E-state index contributed by atoms with van der Waals surface area (Å²) in [4.78, 5) is 84.8. The number of carboxylic acid groups (broad SMARTS) is 1. The molecule has 4 aliphatic rings. The van der Waals surface area contributed by atoms with Gasteiger partial charge in [0.25, 0.3) is 0 Å². The third-order valence-corrected chi connectivity index (χ3v) is 12.3. The van der Waals surface area contributed by atoms with Gasteiger partial charge in [0, 0.05) is 71.3 Å². The molecule has 0 saturated carbocycles. The van der Waals surface area contributed by atoms with E-state index in [1.54, 1.807) is 65.6 Å². The summed E-state index contributed by atoms with van der Waals surface area (Å²) in [6.45, 7) is 4.72. The summed E-state index contributed by atoms with van der Waals surface area (Å²) < 4.78 is 35.7. The number of hydrogen-bond donors (Lipinski definition) is 1. The summed E-state index contributed by atoms with van der Waals surface area (Å²) in [5.41, 5.74) is 5.32. The number of nitrogens with one attached hydrogen (secondary N) is 1. The second kappa shape index (κ2) is 23.7. The van der Waals surface area contributed by atoms with Crippen molar-refractivity contribution in [2.75, 3.05) is 107 Å². The molecule has 19 nitrogen and oxygen atoms in total. The fraction of sp³-hybridized carbons (Fsp3) is 0.302. The average Bonchev–Trinajstić information content (AvgIpc) is 3.35. The van der Waals surface area contributed by atoms with E-state index in [2.05, 4.69) is 14.8 Å². The lowest BCUT2D eigenvalue weighted by molar-refractivity contribution is -0.255. The van der Waals surface area contributed by atoms with Crippen LogP contribution in [0.2, 0.25) is 0 Å². The van der Waals surface area contributed by atoms with Gasteiger partial charge in [-0.05, 0) is 61.4 Å². The highest BCUT2D eigenvalue weighted by Crippen LogP contribution is 2.42. The number of ether oxygens (including phenoxy) is 5. The molecule has 0 atom stereocenters. The van der Waals surface area contributed by atoms with Gasteiger partial charge in [-0.1, -0.05) is 36.4 Å². The fourth-order valence-corrected chi connectivity index (χ4v) is 8.47. The predicted octanol–water partition coefficient (Wildman–Crippen LogP) is 3.84. The molecule has 3 aliphatic heterocycles. The number of methoxy groups -OCH3 is 3. The van der Waals surface area contributed by atoms with Gasteiger partial charge in [-0.3, -0.25) is 19.2 Å². The molecule has 0 unspecified atom stereocenters. The largest absolute Gasteiger partial charge is 0.545 e. The SMILES string of the molecule is CCN(CC(=O)OC)c1ccc(NC(=O)C2C[N+](=c3ccc4c(-c5ccccc5C(=O)[O-])c5ccc(N6CCC6)cc5oc-4c3)C2)cc1OCCOc1ccccc1N(CC(=O)OC)CC(=O)OC.O=C=O. The predicted molar refractivity (Wildman–Crippen MR) is 262 cm³/mol. The Morgan fingerprint density at radius 1 is 0.736 bits per heavy atom. The first kappa shape index (κ1) is 51.2. The van der Waals surface area contributed by atoms with Crippen LogP contribution in [-0.4, -0.2) is 123 Å². The van der Waals surface area contributed by atoms with E-state index in [4.69, 9.17) is 37.7 Å². The Morgan fingerprint density at radius 3 is 2.00 bits per heavy atom. The minimum absolute atomic E-state index is 0.0400. The third-order valence-electron chi connectivity index (χ3n) is 12.3. The van der Waals surface area contributed by atoms with Crippen LogP contribution in [0, 0.1) is 5.92 Å². The van der Waals surface area contributed by atoms with Crippen LogP contribution < -0.4 is 44.5 Å². The van der Waals surface area contributed by atoms with Crippen LogP contribution in [0.3, 0.4) is 0 Å². The lowest BCUT2D eigenvalue weighted by Gasteiger charge is -2.33. The van der Waals surface area contributed by atoms with Gasteiger partial charge in [0.1, 0.15) is 55.7 Å². The van der Waals surface area contributed by atoms with Gasteiger partial charge in [0.2, 0.25) is 11.3 Å². The highest BCUT2D eigenvalue weighted by atomic mass is 16.5. The molecule has 8 rings (SSSR count). The first-order valence-electron chi connectivity index (χ1n) is 23.0. The topological polar surface area (TPSA) is 227 Å². The van der Waals surface area contributed by atoms with Gasteiger partial charge in [0.15, 0.2) is 19.0 Å². The van der Waals surface area contributed by atoms with Crippen LogP contribution in [0.1, 0.15) is 23.7 Å². The van der Waals surface area contributed by atoms with Gasteiger partial charge in [-0.25, -0.2) is 4.58 Å². The number of carboxylic acids is 1. The van der Waals surface area contributed by atoms with E-state index in [0.717, 1.165) is 47.1 Å². The molecule has 19 heteroatoms. The number of aromatic carboxylic acids is 1. The van der Waals surface area contributed by atoms with E-state index in [9.17, 15) is 29.1 Å². The number of carbonyl (C=O) groups excluding carboxylic acids is 7. The van der Waals surface area contributed by atoms with Gasteiger partial charge >= 0.3 is 24.1 Å². The van der Waals surface area contributed by atoms with E-state index in [1.165, 1.54) is 26.2 Å². The molecule has 0 radical (unpaired) electrons. The average molecular weight is 984 g/mol. The van der Waals surface area contributed by atoms with Crippen molar-refractivity contribution in [1.29, 1.82) is 0 Å². The number of likely N-dealkylation sites (N-methyl/N-ethyl adjacent to an activating group) is 1. The minimum atomic E-state index is -1.27. The second-order valence-electron chi connectivity index (χ2n) is 16.6. The van der Waals surface area contributed by atoms with E-state index < -0.39 is 23.9 Å². The highest BCUT2D eigenvalue weighted by molar-refractivity contribution is 6.07. The minimum Gasteiger partial charge on any atom is -0.545 e. The normalized spacial score (nSPS) is 13.5. The first-order chi connectivity index (χ1) is 34.9. The van der Waals surface area contributed by atoms with Crippen molar-refractivity contribution in [1.82, 2.24) is 4.58 Å². The monoisotopic (exact) mass is 983 g/mol. The van der Waals surface area contributed by atoms with Crippen molar-refractivity contribution in [2.24, 2.45) is 5.92 Å². The summed E-state index contributed by atoms with van der Waals surface area (Å²) in [5.74, 6) is -2.00. The number of para-hydroxylation sites is 2. The molecule has 4 aromatic carbocycles. The third kappa shape index (κ3) is 11.8. The van der Waals surface area contributed by atoms with Crippen LogP contribution in [0.5, 0.6) is 11.5 Å². The molecule has 4 aromatic rings. The Bertz CT molecular complexity index is 3020. The lowest BCUT2D eigenvalue weighted by Crippen LogP contribution is -2.53. The number of hydrogen-bond acceptors (Lipinski definition) is 17. The Morgan fingerprint density at radius 2 is 1.36 bits per heavy atom. The van der Waals surface area contributed by atoms with Gasteiger partial charge in [0.05, 0.1) is 44.7 Å². The number of benzene rings is 5. The zero-order valence-corrected chi connectivity index (χ0v) is 40.2. The Hall–Kier alpha value is -8.70. The smallest absolute Gasteiger partial charge is 0.373 e. The van der Waals surface area contributed by atoms with Gasteiger partial charge in [-0.2, -0.15) is 9.59 Å². The van der Waals surface area contributed by atoms with Crippen molar-refractivity contribution >= 4 is 69.7 Å². The fourth-order valence-electron chi connectivity index (χ4n) is 8.47. The highest BCUT2D eigenvalue weighted by Gasteiger charge is 2.38. The summed E-state index contributed by atoms with van der Waals surface area (Å²) in [6, 6.07) is 30.8. The molecule has 0 bridgehead atoms. The molecule has 72 heavy (non-hydrogen) atoms. The molecular weight excluding hydrogens is 931 g/mol. The van der Waals surface area contributed by atoms with E-state index in [0.29, 0.717) is 65.1 Å². The second-order valence-corrected chi connectivity index (χ2v) is 16.6. The van der Waals surface area contributed by atoms with Crippen molar-refractivity contribution in [3.05, 3.63) is 114 Å². The quantitative estimate of drug-likeness (QED) is 0.0400. The Balaban J connectivity index is 0.00000247. The van der Waals surface area contributed by atoms with Crippen LogP contribution in [0.4, 0.5) is 22.7 Å². The standard InChI is InChI=1S/C52H53N5O12.CO2/c1-5-54(30-47(58)64-2)42-20-15-34(25-46(42)68-24-23-67-43-14-9-8-13-41(43)57(31-48(59)65-3)32-49(60)66-4)53-51(61)33-28-56(29-33)36-17-19-40-45(27-36)69-44-26-35(55-21-10-22-55)16-18-39(44)50(40)37-11-6-7-12-38(37)52(62)63;2-1-3/h6-9,11-20,25-27,33H,5,10,21-24,28-32H2,1-4H3,(H-,53,61,62,63);. The van der Waals surface area contributed by atoms with Crippen LogP contribution in [-0.2, 0) is 43.0 Å².